The quantitative estimate of drug-likeness (QED) is 0.760. The van der Waals surface area contributed by atoms with Crippen LogP contribution in [0.5, 0.6) is 0 Å². The van der Waals surface area contributed by atoms with Gasteiger partial charge >= 0.3 is 0 Å². The number of nitrogens with zero attached hydrogens (tertiary/aromatic N) is 3. The van der Waals surface area contributed by atoms with Gasteiger partial charge in [0.2, 0.25) is 0 Å². The molecule has 21 heavy (non-hydrogen) atoms. The highest BCUT2D eigenvalue weighted by Crippen LogP contribution is 2.11. The zero-order chi connectivity index (χ0) is 15.2. The number of hydrogen-bond acceptors (Lipinski definition) is 4. The van der Waals surface area contributed by atoms with Crippen molar-refractivity contribution in [2.75, 3.05) is 13.2 Å². The second kappa shape index (κ2) is 7.17. The third-order valence-corrected chi connectivity index (χ3v) is 3.46. The summed E-state index contributed by atoms with van der Waals surface area (Å²) in [4.78, 5) is 16.4. The van der Waals surface area contributed by atoms with E-state index >= 15 is 0 Å². The van der Waals surface area contributed by atoms with E-state index in [9.17, 15) is 4.79 Å². The lowest BCUT2D eigenvalue weighted by Gasteiger charge is -2.08. The maximum Gasteiger partial charge on any atom is 0.254 e. The molecule has 2 heterocycles. The minimum Gasteiger partial charge on any atom is -0.396 e. The van der Waals surface area contributed by atoms with E-state index in [1.165, 1.54) is 0 Å². The molecule has 114 valence electrons. The van der Waals surface area contributed by atoms with Crippen LogP contribution in [-0.2, 0) is 0 Å². The number of unbranched alkanes of at least 4 members (excludes halogenated alkanes) is 3. The molecule has 0 fully saturated rings. The molecule has 0 aliphatic rings. The van der Waals surface area contributed by atoms with Crippen LogP contribution in [0.2, 0.25) is 0 Å². The number of aliphatic hydroxyl groups is 1. The van der Waals surface area contributed by atoms with E-state index in [1.54, 1.807) is 10.7 Å². The highest BCUT2D eigenvalue weighted by Gasteiger charge is 2.13. The smallest absolute Gasteiger partial charge is 0.254 e. The molecule has 0 atom stereocenters. The number of hydrogen-bond donors (Lipinski definition) is 2. The third kappa shape index (κ3) is 3.78. The van der Waals surface area contributed by atoms with Crippen LogP contribution in [0.15, 0.2) is 12.3 Å². The summed E-state index contributed by atoms with van der Waals surface area (Å²) in [7, 11) is 0. The Morgan fingerprint density at radius 1 is 1.29 bits per heavy atom. The summed E-state index contributed by atoms with van der Waals surface area (Å²) in [5.74, 6) is -0.114. The van der Waals surface area contributed by atoms with E-state index < -0.39 is 0 Å². The predicted octanol–water partition coefficient (Wildman–Crippen LogP) is 1.63. The standard InChI is InChI=1S/C15H22N4O2/c1-11-9-14-17-10-13(12(2)19(14)18-11)15(21)16-7-5-3-4-6-8-20/h9-10,20H,3-8H2,1-2H3,(H,16,21). The molecule has 0 unspecified atom stereocenters. The van der Waals surface area contributed by atoms with Crippen LogP contribution in [-0.4, -0.2) is 38.8 Å². The summed E-state index contributed by atoms with van der Waals surface area (Å²) >= 11 is 0. The minimum atomic E-state index is -0.114. The van der Waals surface area contributed by atoms with Crippen LogP contribution in [0.1, 0.15) is 47.4 Å². The summed E-state index contributed by atoms with van der Waals surface area (Å²) in [6.07, 6.45) is 5.35. The maximum absolute atomic E-state index is 12.2. The zero-order valence-electron chi connectivity index (χ0n) is 12.6. The summed E-state index contributed by atoms with van der Waals surface area (Å²) in [6.45, 7) is 4.65. The molecule has 2 aromatic heterocycles. The van der Waals surface area contributed by atoms with Crippen molar-refractivity contribution in [3.63, 3.8) is 0 Å². The predicted molar refractivity (Wildman–Crippen MR) is 80.3 cm³/mol. The van der Waals surface area contributed by atoms with Crippen molar-refractivity contribution in [1.29, 1.82) is 0 Å². The number of fused-ring (bicyclic) bond motifs is 1. The van der Waals surface area contributed by atoms with Gasteiger partial charge in [0.1, 0.15) is 0 Å². The number of aromatic nitrogens is 3. The van der Waals surface area contributed by atoms with Crippen LogP contribution in [0, 0.1) is 13.8 Å². The SMILES string of the molecule is Cc1cc2ncc(C(=O)NCCCCCCO)c(C)n2n1. The van der Waals surface area contributed by atoms with E-state index in [-0.39, 0.29) is 12.5 Å². The zero-order valence-corrected chi connectivity index (χ0v) is 12.6. The highest BCUT2D eigenvalue weighted by atomic mass is 16.2. The molecule has 1 amide bonds. The number of aliphatic hydroxyl groups excluding tert-OH is 1. The number of carbonyl (C=O) groups excluding carboxylic acids is 1. The third-order valence-electron chi connectivity index (χ3n) is 3.46. The normalized spacial score (nSPS) is 11.0. The molecular weight excluding hydrogens is 268 g/mol. The van der Waals surface area contributed by atoms with Gasteiger partial charge in [0, 0.05) is 25.4 Å². The second-order valence-electron chi connectivity index (χ2n) is 5.21. The molecule has 2 N–H and O–H groups in total. The van der Waals surface area contributed by atoms with Gasteiger partial charge in [-0.15, -0.1) is 0 Å². The highest BCUT2D eigenvalue weighted by molar-refractivity contribution is 5.95. The number of nitrogens with one attached hydrogen (secondary N) is 1. The first-order valence-electron chi connectivity index (χ1n) is 7.34. The van der Waals surface area contributed by atoms with E-state index in [0.717, 1.165) is 42.7 Å². The Hall–Kier alpha value is -1.95. The minimum absolute atomic E-state index is 0.114. The molecule has 2 rings (SSSR count). The van der Waals surface area contributed by atoms with Crippen molar-refractivity contribution in [2.24, 2.45) is 0 Å². The lowest BCUT2D eigenvalue weighted by Crippen LogP contribution is -2.26. The molecule has 0 saturated heterocycles. The van der Waals surface area contributed by atoms with E-state index in [0.29, 0.717) is 12.1 Å². The van der Waals surface area contributed by atoms with E-state index in [2.05, 4.69) is 15.4 Å². The summed E-state index contributed by atoms with van der Waals surface area (Å²) in [5.41, 5.74) is 2.99. The first kappa shape index (κ1) is 15.4. The van der Waals surface area contributed by atoms with Crippen molar-refractivity contribution < 1.29 is 9.90 Å². The largest absolute Gasteiger partial charge is 0.396 e. The van der Waals surface area contributed by atoms with Gasteiger partial charge in [0.05, 0.1) is 17.0 Å². The van der Waals surface area contributed by atoms with Gasteiger partial charge in [-0.3, -0.25) is 4.79 Å². The van der Waals surface area contributed by atoms with Gasteiger partial charge in [0.15, 0.2) is 5.65 Å². The Morgan fingerprint density at radius 3 is 2.81 bits per heavy atom. The van der Waals surface area contributed by atoms with Crippen molar-refractivity contribution >= 4 is 11.6 Å². The van der Waals surface area contributed by atoms with Crippen LogP contribution in [0.3, 0.4) is 0 Å². The number of aryl methyl sites for hydroxylation is 2. The molecule has 6 heteroatoms. The molecule has 0 aliphatic heterocycles. The van der Waals surface area contributed by atoms with Gasteiger partial charge in [-0.25, -0.2) is 9.50 Å². The molecule has 0 aromatic carbocycles. The Bertz CT molecular complexity index is 621. The fraction of sp³-hybridized carbons (Fsp3) is 0.533. The molecule has 0 radical (unpaired) electrons. The van der Waals surface area contributed by atoms with Gasteiger partial charge < -0.3 is 10.4 Å². The molecule has 6 nitrogen and oxygen atoms in total. The first-order chi connectivity index (χ1) is 10.1. The average Bonchev–Trinajstić information content (AvgIpc) is 2.84. The van der Waals surface area contributed by atoms with Gasteiger partial charge in [-0.2, -0.15) is 5.10 Å². The van der Waals surface area contributed by atoms with Crippen molar-refractivity contribution in [1.82, 2.24) is 19.9 Å². The maximum atomic E-state index is 12.2. The van der Waals surface area contributed by atoms with Crippen LogP contribution in [0.4, 0.5) is 0 Å². The Kier molecular flexibility index (Phi) is 5.27. The summed E-state index contributed by atoms with van der Waals surface area (Å²) in [5, 5.41) is 15.9. The Labute approximate surface area is 124 Å². The molecule has 2 aromatic rings. The first-order valence-corrected chi connectivity index (χ1v) is 7.34. The van der Waals surface area contributed by atoms with Gasteiger partial charge in [0.25, 0.3) is 5.91 Å². The van der Waals surface area contributed by atoms with E-state index in [4.69, 9.17) is 5.11 Å². The second-order valence-corrected chi connectivity index (χ2v) is 5.21. The fourth-order valence-electron chi connectivity index (χ4n) is 2.27. The van der Waals surface area contributed by atoms with Gasteiger partial charge in [-0.05, 0) is 26.7 Å². The Balaban J connectivity index is 1.95. The fourth-order valence-corrected chi connectivity index (χ4v) is 2.27. The molecule has 0 spiro atoms. The number of rotatable bonds is 7. The monoisotopic (exact) mass is 290 g/mol. The molecule has 0 aliphatic carbocycles. The van der Waals surface area contributed by atoms with E-state index in [1.807, 2.05) is 19.9 Å². The topological polar surface area (TPSA) is 79.5 Å². The number of amides is 1. The molecule has 0 saturated carbocycles. The molecule has 0 bridgehead atoms. The summed E-state index contributed by atoms with van der Waals surface area (Å²) < 4.78 is 1.70. The van der Waals surface area contributed by atoms with Crippen LogP contribution in [0.25, 0.3) is 5.65 Å². The van der Waals surface area contributed by atoms with Crippen molar-refractivity contribution in [2.45, 2.75) is 39.5 Å². The lowest BCUT2D eigenvalue weighted by atomic mass is 10.2. The van der Waals surface area contributed by atoms with Crippen molar-refractivity contribution in [3.8, 4) is 0 Å². The van der Waals surface area contributed by atoms with Crippen LogP contribution >= 0.6 is 0 Å². The average molecular weight is 290 g/mol. The summed E-state index contributed by atoms with van der Waals surface area (Å²) in [6, 6.07) is 1.88. The van der Waals surface area contributed by atoms with Gasteiger partial charge in [-0.1, -0.05) is 12.8 Å². The Morgan fingerprint density at radius 2 is 2.05 bits per heavy atom. The number of carbonyl (C=O) groups is 1. The van der Waals surface area contributed by atoms with Crippen LogP contribution < -0.4 is 5.32 Å². The lowest BCUT2D eigenvalue weighted by molar-refractivity contribution is 0.0951. The van der Waals surface area contributed by atoms with Crippen molar-refractivity contribution in [3.05, 3.63) is 29.2 Å². The molecular formula is C15H22N4O2.